The van der Waals surface area contributed by atoms with Crippen LogP contribution in [0, 0.1) is 6.07 Å². The molecule has 4 N–H and O–H groups in total. The standard InChI is InChI=1S/C9H12N3/c1-7(12-9(10)11)8-5-3-2-4-6-8/h3-7H,1H3,(H4,10,11,12). The van der Waals surface area contributed by atoms with E-state index in [0.29, 0.717) is 0 Å². The highest BCUT2D eigenvalue weighted by Crippen LogP contribution is 2.14. The maximum absolute atomic E-state index is 5.25. The minimum absolute atomic E-state index is 0.0181. The Morgan fingerprint density at radius 3 is 2.50 bits per heavy atom. The second kappa shape index (κ2) is 3.76. The monoisotopic (exact) mass is 162 g/mol. The molecule has 1 radical (unpaired) electrons. The molecule has 0 saturated carbocycles. The Kier molecular flexibility index (Phi) is 2.69. The van der Waals surface area contributed by atoms with Crippen molar-refractivity contribution >= 4 is 5.96 Å². The molecule has 63 valence electrons. The second-order valence-electron chi connectivity index (χ2n) is 2.56. The van der Waals surface area contributed by atoms with Gasteiger partial charge in [0.1, 0.15) is 0 Å². The first-order chi connectivity index (χ1) is 5.70. The first-order valence-corrected chi connectivity index (χ1v) is 3.75. The second-order valence-corrected chi connectivity index (χ2v) is 2.56. The summed E-state index contributed by atoms with van der Waals surface area (Å²) in [7, 11) is 0. The summed E-state index contributed by atoms with van der Waals surface area (Å²) in [6, 6.07) is 10.5. The highest BCUT2D eigenvalue weighted by Gasteiger charge is 2.00. The Morgan fingerprint density at radius 2 is 2.00 bits per heavy atom. The molecule has 0 amide bonds. The molecule has 1 atom stereocenters. The molecule has 0 heterocycles. The molecule has 1 aromatic carbocycles. The van der Waals surface area contributed by atoms with Crippen molar-refractivity contribution in [3.8, 4) is 0 Å². The molecule has 0 bridgehead atoms. The van der Waals surface area contributed by atoms with Gasteiger partial charge >= 0.3 is 0 Å². The minimum atomic E-state index is 0.0181. The lowest BCUT2D eigenvalue weighted by Gasteiger charge is -2.05. The zero-order chi connectivity index (χ0) is 8.97. The number of nitrogens with two attached hydrogens (primary N) is 2. The van der Waals surface area contributed by atoms with Crippen molar-refractivity contribution in [1.82, 2.24) is 0 Å². The Balaban J connectivity index is 2.79. The summed E-state index contributed by atoms with van der Waals surface area (Å²) in [6.45, 7) is 1.94. The number of hydrogen-bond acceptors (Lipinski definition) is 1. The van der Waals surface area contributed by atoms with Crippen molar-refractivity contribution in [3.05, 3.63) is 35.9 Å². The number of benzene rings is 1. The van der Waals surface area contributed by atoms with Gasteiger partial charge in [-0.3, -0.25) is 0 Å². The van der Waals surface area contributed by atoms with Crippen LogP contribution in [-0.4, -0.2) is 5.96 Å². The normalized spacial score (nSPS) is 12.1. The molecule has 1 rings (SSSR count). The Morgan fingerprint density at radius 1 is 1.42 bits per heavy atom. The van der Waals surface area contributed by atoms with Crippen molar-refractivity contribution in [2.75, 3.05) is 0 Å². The molecule has 0 aliphatic heterocycles. The highest BCUT2D eigenvalue weighted by molar-refractivity contribution is 5.75. The topological polar surface area (TPSA) is 64.4 Å². The highest BCUT2D eigenvalue weighted by atomic mass is 15.0. The zero-order valence-corrected chi connectivity index (χ0v) is 6.99. The first-order valence-electron chi connectivity index (χ1n) is 3.75. The molecular formula is C9H12N3. The van der Waals surface area contributed by atoms with E-state index >= 15 is 0 Å². The van der Waals surface area contributed by atoms with Crippen LogP contribution in [0.5, 0.6) is 0 Å². The van der Waals surface area contributed by atoms with Gasteiger partial charge in [-0.15, -0.1) is 0 Å². The van der Waals surface area contributed by atoms with Crippen LogP contribution in [0.25, 0.3) is 0 Å². The summed E-state index contributed by atoms with van der Waals surface area (Å²) in [5, 5.41) is 0. The average molecular weight is 162 g/mol. The Bertz CT molecular complexity index is 262. The molecule has 0 aliphatic carbocycles. The van der Waals surface area contributed by atoms with Gasteiger partial charge in [-0.2, -0.15) is 0 Å². The van der Waals surface area contributed by atoms with E-state index < -0.39 is 0 Å². The minimum Gasteiger partial charge on any atom is -0.370 e. The number of guanidine groups is 1. The number of nitrogens with zero attached hydrogens (tertiary/aromatic N) is 1. The van der Waals surface area contributed by atoms with E-state index in [1.165, 1.54) is 0 Å². The van der Waals surface area contributed by atoms with Crippen LogP contribution >= 0.6 is 0 Å². The fraction of sp³-hybridized carbons (Fsp3) is 0.222. The molecule has 1 unspecified atom stereocenters. The fourth-order valence-electron chi connectivity index (χ4n) is 0.976. The quantitative estimate of drug-likeness (QED) is 0.499. The van der Waals surface area contributed by atoms with E-state index in [1.54, 1.807) is 0 Å². The number of rotatable bonds is 2. The Labute approximate surface area is 72.1 Å². The summed E-state index contributed by atoms with van der Waals surface area (Å²) in [5.74, 6) is 0.121. The van der Waals surface area contributed by atoms with E-state index in [4.69, 9.17) is 11.5 Å². The van der Waals surface area contributed by atoms with Crippen LogP contribution in [0.1, 0.15) is 18.5 Å². The molecule has 1 aromatic rings. The first kappa shape index (κ1) is 8.59. The molecule has 0 spiro atoms. The summed E-state index contributed by atoms with van der Waals surface area (Å²) in [5.41, 5.74) is 11.6. The van der Waals surface area contributed by atoms with Gasteiger partial charge in [0.2, 0.25) is 0 Å². The largest absolute Gasteiger partial charge is 0.370 e. The predicted octanol–water partition coefficient (Wildman–Crippen LogP) is 0.821. The van der Waals surface area contributed by atoms with Gasteiger partial charge in [0.25, 0.3) is 0 Å². The molecule has 0 aromatic heterocycles. The third-order valence-electron chi connectivity index (χ3n) is 1.57. The van der Waals surface area contributed by atoms with Crippen LogP contribution in [0.3, 0.4) is 0 Å². The molecule has 12 heavy (non-hydrogen) atoms. The molecule has 3 heteroatoms. The van der Waals surface area contributed by atoms with Gasteiger partial charge in [0.05, 0.1) is 6.04 Å². The summed E-state index contributed by atoms with van der Waals surface area (Å²) in [6.07, 6.45) is 0. The van der Waals surface area contributed by atoms with Gasteiger partial charge < -0.3 is 11.5 Å². The Hall–Kier alpha value is -1.51. The van der Waals surface area contributed by atoms with Crippen LogP contribution in [0.4, 0.5) is 0 Å². The van der Waals surface area contributed by atoms with Crippen molar-refractivity contribution in [2.45, 2.75) is 13.0 Å². The summed E-state index contributed by atoms with van der Waals surface area (Å²) >= 11 is 0. The maximum atomic E-state index is 5.25. The maximum Gasteiger partial charge on any atom is 0.186 e. The van der Waals surface area contributed by atoms with Gasteiger partial charge in [-0.1, -0.05) is 24.3 Å². The van der Waals surface area contributed by atoms with Gasteiger partial charge in [-0.05, 0) is 18.6 Å². The van der Waals surface area contributed by atoms with Crippen molar-refractivity contribution < 1.29 is 0 Å². The molecule has 3 nitrogen and oxygen atoms in total. The SMILES string of the molecule is CC(N=C(N)N)c1cc[c]cc1. The number of aliphatic imine (C=N–C) groups is 1. The third-order valence-corrected chi connectivity index (χ3v) is 1.57. The smallest absolute Gasteiger partial charge is 0.186 e. The van der Waals surface area contributed by atoms with E-state index in [9.17, 15) is 0 Å². The lowest BCUT2D eigenvalue weighted by atomic mass is 10.1. The third kappa shape index (κ3) is 2.27. The van der Waals surface area contributed by atoms with Gasteiger partial charge in [0, 0.05) is 0 Å². The van der Waals surface area contributed by atoms with Gasteiger partial charge in [-0.25, -0.2) is 4.99 Å². The number of hydrogen-bond donors (Lipinski definition) is 2. The lowest BCUT2D eigenvalue weighted by Crippen LogP contribution is -2.23. The molecular weight excluding hydrogens is 150 g/mol. The lowest BCUT2D eigenvalue weighted by molar-refractivity contribution is 0.816. The van der Waals surface area contributed by atoms with E-state index in [-0.39, 0.29) is 12.0 Å². The zero-order valence-electron chi connectivity index (χ0n) is 6.99. The summed E-state index contributed by atoms with van der Waals surface area (Å²) < 4.78 is 0. The average Bonchev–Trinajstić information content (AvgIpc) is 2.05. The van der Waals surface area contributed by atoms with Crippen molar-refractivity contribution in [2.24, 2.45) is 16.5 Å². The van der Waals surface area contributed by atoms with Crippen LogP contribution < -0.4 is 11.5 Å². The van der Waals surface area contributed by atoms with Gasteiger partial charge in [0.15, 0.2) is 5.96 Å². The van der Waals surface area contributed by atoms with Crippen molar-refractivity contribution in [3.63, 3.8) is 0 Å². The molecule has 0 saturated heterocycles. The van der Waals surface area contributed by atoms with E-state index in [2.05, 4.69) is 11.1 Å². The predicted molar refractivity (Wildman–Crippen MR) is 49.5 cm³/mol. The van der Waals surface area contributed by atoms with Crippen LogP contribution in [0.2, 0.25) is 0 Å². The molecule has 0 fully saturated rings. The van der Waals surface area contributed by atoms with Crippen molar-refractivity contribution in [1.29, 1.82) is 0 Å². The van der Waals surface area contributed by atoms with Crippen LogP contribution in [-0.2, 0) is 0 Å². The molecule has 0 aliphatic rings. The van der Waals surface area contributed by atoms with E-state index in [1.807, 2.05) is 31.2 Å². The van der Waals surface area contributed by atoms with Crippen LogP contribution in [0.15, 0.2) is 29.3 Å². The fourth-order valence-corrected chi connectivity index (χ4v) is 0.976. The summed E-state index contributed by atoms with van der Waals surface area (Å²) in [4.78, 5) is 4.01. The van der Waals surface area contributed by atoms with E-state index in [0.717, 1.165) is 5.56 Å².